The number of aryl methyl sites for hydroxylation is 1. The van der Waals surface area contributed by atoms with Crippen LogP contribution >= 0.6 is 23.2 Å². The Morgan fingerprint density at radius 3 is 2.54 bits per heavy atom. The molecule has 0 atom stereocenters. The van der Waals surface area contributed by atoms with Gasteiger partial charge < -0.3 is 10.3 Å². The number of nitrogens with one attached hydrogen (secondary N) is 2. The van der Waals surface area contributed by atoms with Crippen molar-refractivity contribution in [1.82, 2.24) is 4.98 Å². The van der Waals surface area contributed by atoms with Gasteiger partial charge in [-0.1, -0.05) is 35.3 Å². The molecule has 2 N–H and O–H groups in total. The molecule has 1 amide bonds. The lowest BCUT2D eigenvalue weighted by atomic mass is 10.1. The molecule has 3 aromatic rings. The highest BCUT2D eigenvalue weighted by atomic mass is 35.5. The molecule has 4 nitrogen and oxygen atoms in total. The number of benzene rings is 2. The summed E-state index contributed by atoms with van der Waals surface area (Å²) in [4.78, 5) is 26.7. The highest BCUT2D eigenvalue weighted by Crippen LogP contribution is 2.29. The summed E-state index contributed by atoms with van der Waals surface area (Å²) in [6, 6.07) is 12.3. The number of hydrogen-bond donors (Lipinski definition) is 2. The third-order valence-electron chi connectivity index (χ3n) is 3.69. The molecule has 24 heavy (non-hydrogen) atoms. The van der Waals surface area contributed by atoms with Crippen molar-refractivity contribution in [2.45, 2.75) is 13.3 Å². The van der Waals surface area contributed by atoms with Crippen molar-refractivity contribution in [1.29, 1.82) is 0 Å². The number of anilines is 1. The minimum absolute atomic E-state index is 0.110. The summed E-state index contributed by atoms with van der Waals surface area (Å²) in [7, 11) is 0. The van der Waals surface area contributed by atoms with Crippen molar-refractivity contribution >= 4 is 45.7 Å². The monoisotopic (exact) mass is 360 g/mol. The highest BCUT2D eigenvalue weighted by Gasteiger charge is 2.11. The second-order valence-corrected chi connectivity index (χ2v) is 6.34. The molecule has 0 saturated heterocycles. The summed E-state index contributed by atoms with van der Waals surface area (Å²) >= 11 is 12.1. The topological polar surface area (TPSA) is 62.0 Å². The largest absolute Gasteiger partial charge is 0.323 e. The number of para-hydroxylation sites is 1. The van der Waals surface area contributed by atoms with E-state index in [0.717, 1.165) is 16.5 Å². The van der Waals surface area contributed by atoms with E-state index >= 15 is 0 Å². The molecule has 0 bridgehead atoms. The Labute approximate surface area is 148 Å². The Morgan fingerprint density at radius 2 is 1.83 bits per heavy atom. The molecule has 0 fully saturated rings. The first-order valence-electron chi connectivity index (χ1n) is 7.30. The molecule has 0 spiro atoms. The van der Waals surface area contributed by atoms with Crippen molar-refractivity contribution in [3.05, 3.63) is 74.0 Å². The number of H-pyrrole nitrogens is 1. The van der Waals surface area contributed by atoms with Crippen LogP contribution in [0, 0.1) is 6.92 Å². The molecule has 1 heterocycles. The lowest BCUT2D eigenvalue weighted by molar-refractivity contribution is -0.115. The van der Waals surface area contributed by atoms with Crippen LogP contribution in [0.2, 0.25) is 10.0 Å². The number of aromatic nitrogens is 1. The van der Waals surface area contributed by atoms with Gasteiger partial charge in [0, 0.05) is 11.1 Å². The molecule has 3 rings (SSSR count). The Kier molecular flexibility index (Phi) is 4.60. The minimum Gasteiger partial charge on any atom is -0.323 e. The summed E-state index contributed by atoms with van der Waals surface area (Å²) in [5.41, 5.74) is 2.50. The van der Waals surface area contributed by atoms with Crippen LogP contribution in [-0.4, -0.2) is 10.9 Å². The fourth-order valence-corrected chi connectivity index (χ4v) is 2.95. The van der Waals surface area contributed by atoms with E-state index in [-0.39, 0.29) is 17.9 Å². The van der Waals surface area contributed by atoms with Crippen LogP contribution in [0.1, 0.15) is 11.1 Å². The maximum Gasteiger partial charge on any atom is 0.251 e. The van der Waals surface area contributed by atoms with E-state index in [1.165, 1.54) is 0 Å². The normalized spacial score (nSPS) is 10.8. The molecule has 0 aliphatic heterocycles. The first-order chi connectivity index (χ1) is 11.4. The van der Waals surface area contributed by atoms with E-state index in [0.29, 0.717) is 21.3 Å². The fraction of sp³-hybridized carbons (Fsp3) is 0.111. The molecule has 0 aliphatic carbocycles. The van der Waals surface area contributed by atoms with E-state index in [1.54, 1.807) is 43.3 Å². The molecule has 0 radical (unpaired) electrons. The van der Waals surface area contributed by atoms with Gasteiger partial charge in [0.2, 0.25) is 5.91 Å². The van der Waals surface area contributed by atoms with Crippen LogP contribution in [0.3, 0.4) is 0 Å². The van der Waals surface area contributed by atoms with Gasteiger partial charge in [-0.3, -0.25) is 9.59 Å². The van der Waals surface area contributed by atoms with Crippen LogP contribution in [0.25, 0.3) is 10.9 Å². The Bertz CT molecular complexity index is 976. The van der Waals surface area contributed by atoms with E-state index in [2.05, 4.69) is 10.3 Å². The lowest BCUT2D eigenvalue weighted by Crippen LogP contribution is -2.15. The number of rotatable bonds is 3. The molecule has 2 aromatic carbocycles. The van der Waals surface area contributed by atoms with Crippen molar-refractivity contribution in [2.75, 3.05) is 5.32 Å². The molecule has 0 saturated carbocycles. The first-order valence-corrected chi connectivity index (χ1v) is 8.06. The van der Waals surface area contributed by atoms with E-state index in [9.17, 15) is 9.59 Å². The number of pyridine rings is 1. The van der Waals surface area contributed by atoms with E-state index in [4.69, 9.17) is 23.2 Å². The first kappa shape index (κ1) is 16.6. The molecule has 1 aromatic heterocycles. The van der Waals surface area contributed by atoms with Crippen LogP contribution in [0.5, 0.6) is 0 Å². The van der Waals surface area contributed by atoms with E-state index < -0.39 is 0 Å². The Balaban J connectivity index is 1.83. The SMILES string of the molecule is Cc1cc2cc(CC(=O)Nc3c(Cl)cccc3Cl)ccc2[nH]c1=O. The van der Waals surface area contributed by atoms with Gasteiger partial charge in [0.05, 0.1) is 22.2 Å². The highest BCUT2D eigenvalue weighted by molar-refractivity contribution is 6.39. The maximum atomic E-state index is 12.3. The number of aromatic amines is 1. The predicted molar refractivity (Wildman–Crippen MR) is 98.1 cm³/mol. The predicted octanol–water partition coefficient (Wildman–Crippen LogP) is 4.32. The van der Waals surface area contributed by atoms with Gasteiger partial charge in [0.15, 0.2) is 0 Å². The van der Waals surface area contributed by atoms with Crippen LogP contribution in [0.4, 0.5) is 5.69 Å². The average Bonchev–Trinajstić information content (AvgIpc) is 2.52. The molecule has 6 heteroatoms. The van der Waals surface area contributed by atoms with Gasteiger partial charge in [-0.25, -0.2) is 0 Å². The van der Waals surface area contributed by atoms with Crippen molar-refractivity contribution in [3.63, 3.8) is 0 Å². The van der Waals surface area contributed by atoms with Gasteiger partial charge in [-0.15, -0.1) is 0 Å². The summed E-state index contributed by atoms with van der Waals surface area (Å²) < 4.78 is 0. The van der Waals surface area contributed by atoms with Crippen LogP contribution < -0.4 is 10.9 Å². The molecule has 0 aliphatic rings. The molecule has 122 valence electrons. The quantitative estimate of drug-likeness (QED) is 0.730. The molecular weight excluding hydrogens is 347 g/mol. The second-order valence-electron chi connectivity index (χ2n) is 5.52. The van der Waals surface area contributed by atoms with Gasteiger partial charge in [0.25, 0.3) is 5.56 Å². The summed E-state index contributed by atoms with van der Waals surface area (Å²) in [5, 5.41) is 4.40. The zero-order chi connectivity index (χ0) is 17.3. The van der Waals surface area contributed by atoms with Crippen LogP contribution in [-0.2, 0) is 11.2 Å². The van der Waals surface area contributed by atoms with Gasteiger partial charge in [-0.2, -0.15) is 0 Å². The third-order valence-corrected chi connectivity index (χ3v) is 4.32. The number of carbonyl (C=O) groups is 1. The number of halogens is 2. The third kappa shape index (κ3) is 3.45. The maximum absolute atomic E-state index is 12.3. The lowest BCUT2D eigenvalue weighted by Gasteiger charge is -2.09. The Morgan fingerprint density at radius 1 is 1.12 bits per heavy atom. The second kappa shape index (κ2) is 6.67. The number of fused-ring (bicyclic) bond motifs is 1. The number of carbonyl (C=O) groups excluding carboxylic acids is 1. The number of amides is 1. The smallest absolute Gasteiger partial charge is 0.251 e. The fourth-order valence-electron chi connectivity index (χ4n) is 2.46. The number of hydrogen-bond acceptors (Lipinski definition) is 2. The molecular formula is C18H14Cl2N2O2. The minimum atomic E-state index is -0.217. The average molecular weight is 361 g/mol. The van der Waals surface area contributed by atoms with Gasteiger partial charge >= 0.3 is 0 Å². The molecule has 0 unspecified atom stereocenters. The summed E-state index contributed by atoms with van der Waals surface area (Å²) in [6.45, 7) is 1.75. The Hall–Kier alpha value is -2.30. The van der Waals surface area contributed by atoms with Crippen molar-refractivity contribution in [3.8, 4) is 0 Å². The van der Waals surface area contributed by atoms with Gasteiger partial charge in [0.1, 0.15) is 0 Å². The van der Waals surface area contributed by atoms with Gasteiger partial charge in [-0.05, 0) is 48.2 Å². The van der Waals surface area contributed by atoms with Crippen molar-refractivity contribution in [2.24, 2.45) is 0 Å². The zero-order valence-corrected chi connectivity index (χ0v) is 14.3. The van der Waals surface area contributed by atoms with E-state index in [1.807, 2.05) is 6.07 Å². The summed E-state index contributed by atoms with van der Waals surface area (Å²) in [5.74, 6) is -0.217. The standard InChI is InChI=1S/C18H14Cl2N2O2/c1-10-7-12-8-11(5-6-15(12)21-18(10)24)9-16(23)22-17-13(19)3-2-4-14(17)20/h2-8H,9H2,1H3,(H,21,24)(H,22,23). The van der Waals surface area contributed by atoms with Crippen LogP contribution in [0.15, 0.2) is 47.3 Å². The zero-order valence-electron chi connectivity index (χ0n) is 12.8. The summed E-state index contributed by atoms with van der Waals surface area (Å²) in [6.07, 6.45) is 0.176. The van der Waals surface area contributed by atoms with Crippen molar-refractivity contribution < 1.29 is 4.79 Å².